The van der Waals surface area contributed by atoms with Crippen LogP contribution < -0.4 is 0 Å². The van der Waals surface area contributed by atoms with Gasteiger partial charge in [-0.2, -0.15) is 0 Å². The molecular weight excluding hydrogens is 524 g/mol. The number of carbonyl (C=O) groups is 2. The van der Waals surface area contributed by atoms with E-state index in [1.807, 2.05) is 0 Å². The average molecular weight is 599 g/mol. The van der Waals surface area contributed by atoms with Gasteiger partial charge in [-0.25, -0.2) is 0 Å². The van der Waals surface area contributed by atoms with E-state index in [0.717, 1.165) is 73.7 Å². The van der Waals surface area contributed by atoms with Crippen molar-refractivity contribution in [1.82, 2.24) is 0 Å². The number of hydrogen-bond donors (Lipinski definition) is 0. The lowest BCUT2D eigenvalue weighted by atomic mass is 10.1. The summed E-state index contributed by atoms with van der Waals surface area (Å²) in [5, 5.41) is 0. The standard InChI is InChI=1S/C36H74N2O4/c1-7-9-11-13-15-17-19-21-23-27-35(39)41-33-31-37(3,4)29-25-26-30-38(5,6)32-34-42-36(40)28-24-22-20-18-16-14-12-10-8-2/h7-34H2,1-6H3/q+2. The lowest BCUT2D eigenvalue weighted by Gasteiger charge is -2.32. The topological polar surface area (TPSA) is 52.6 Å². The molecule has 6 nitrogen and oxygen atoms in total. The van der Waals surface area contributed by atoms with Gasteiger partial charge in [-0.05, 0) is 12.8 Å². The summed E-state index contributed by atoms with van der Waals surface area (Å²) in [7, 11) is 8.89. The third-order valence-electron chi connectivity index (χ3n) is 8.67. The molecule has 42 heavy (non-hydrogen) atoms. The van der Waals surface area contributed by atoms with E-state index in [2.05, 4.69) is 42.0 Å². The number of hydrogen-bond acceptors (Lipinski definition) is 4. The van der Waals surface area contributed by atoms with Crippen molar-refractivity contribution >= 4 is 11.9 Å². The van der Waals surface area contributed by atoms with Gasteiger partial charge in [0.25, 0.3) is 0 Å². The smallest absolute Gasteiger partial charge is 0.305 e. The minimum absolute atomic E-state index is 0.0362. The molecule has 0 aromatic heterocycles. The quantitative estimate of drug-likeness (QED) is 0.0454. The summed E-state index contributed by atoms with van der Waals surface area (Å²) in [4.78, 5) is 24.2. The van der Waals surface area contributed by atoms with Gasteiger partial charge in [0, 0.05) is 25.7 Å². The van der Waals surface area contributed by atoms with E-state index in [1.165, 1.54) is 89.9 Å². The van der Waals surface area contributed by atoms with Crippen LogP contribution in [0.3, 0.4) is 0 Å². The second-order valence-electron chi connectivity index (χ2n) is 14.1. The highest BCUT2D eigenvalue weighted by Gasteiger charge is 2.19. The van der Waals surface area contributed by atoms with E-state index < -0.39 is 0 Å². The first-order chi connectivity index (χ1) is 20.1. The zero-order valence-electron chi connectivity index (χ0n) is 29.3. The van der Waals surface area contributed by atoms with Gasteiger partial charge in [-0.15, -0.1) is 0 Å². The molecule has 0 aliphatic carbocycles. The van der Waals surface area contributed by atoms with Crippen molar-refractivity contribution in [3.8, 4) is 0 Å². The Balaban J connectivity index is 3.74. The first-order valence-electron chi connectivity index (χ1n) is 18.1. The fraction of sp³-hybridized carbons (Fsp3) is 0.944. The van der Waals surface area contributed by atoms with Crippen molar-refractivity contribution in [1.29, 1.82) is 0 Å². The van der Waals surface area contributed by atoms with Crippen LogP contribution in [-0.2, 0) is 19.1 Å². The van der Waals surface area contributed by atoms with Crippen LogP contribution in [0.2, 0.25) is 0 Å². The molecule has 0 N–H and O–H groups in total. The second kappa shape index (κ2) is 27.4. The molecule has 0 radical (unpaired) electrons. The number of esters is 2. The highest BCUT2D eigenvalue weighted by Crippen LogP contribution is 2.12. The molecule has 250 valence electrons. The molecule has 0 amide bonds. The summed E-state index contributed by atoms with van der Waals surface area (Å²) >= 11 is 0. The van der Waals surface area contributed by atoms with Gasteiger partial charge in [0.05, 0.1) is 41.3 Å². The van der Waals surface area contributed by atoms with Crippen molar-refractivity contribution in [2.24, 2.45) is 0 Å². The Morgan fingerprint density at radius 3 is 1.00 bits per heavy atom. The minimum atomic E-state index is -0.0362. The van der Waals surface area contributed by atoms with E-state index in [0.29, 0.717) is 26.1 Å². The van der Waals surface area contributed by atoms with E-state index in [1.54, 1.807) is 0 Å². The van der Waals surface area contributed by atoms with Gasteiger partial charge in [-0.3, -0.25) is 9.59 Å². The van der Waals surface area contributed by atoms with Crippen LogP contribution >= 0.6 is 0 Å². The summed E-state index contributed by atoms with van der Waals surface area (Å²) in [6.45, 7) is 9.39. The molecule has 0 aromatic carbocycles. The lowest BCUT2D eigenvalue weighted by molar-refractivity contribution is -0.897. The molecule has 0 aliphatic heterocycles. The van der Waals surface area contributed by atoms with Crippen molar-refractivity contribution in [3.63, 3.8) is 0 Å². The molecule has 0 atom stereocenters. The number of unbranched alkanes of at least 4 members (excludes halogenated alkanes) is 17. The summed E-state index contributed by atoms with van der Waals surface area (Å²) in [6.07, 6.45) is 26.1. The first kappa shape index (κ1) is 40.9. The van der Waals surface area contributed by atoms with Crippen LogP contribution in [0.15, 0.2) is 0 Å². The summed E-state index contributed by atoms with van der Waals surface area (Å²) in [5.41, 5.74) is 0. The molecule has 0 saturated carbocycles. The SMILES string of the molecule is CCCCCCCCCCCC(=O)OCC[N+](C)(C)CCCC[N+](C)(C)CCOC(=O)CCCCCCCCCCC. The highest BCUT2D eigenvalue weighted by molar-refractivity contribution is 5.69. The molecule has 0 saturated heterocycles. The van der Waals surface area contributed by atoms with E-state index in [-0.39, 0.29) is 11.9 Å². The Morgan fingerprint density at radius 2 is 0.690 bits per heavy atom. The molecule has 0 heterocycles. The van der Waals surface area contributed by atoms with E-state index >= 15 is 0 Å². The van der Waals surface area contributed by atoms with Gasteiger partial charge < -0.3 is 18.4 Å². The van der Waals surface area contributed by atoms with Gasteiger partial charge in [0.15, 0.2) is 0 Å². The molecule has 6 heteroatoms. The predicted molar refractivity (Wildman–Crippen MR) is 179 cm³/mol. The molecule has 0 rings (SSSR count). The molecule has 0 fully saturated rings. The molecule has 0 bridgehead atoms. The van der Waals surface area contributed by atoms with Gasteiger partial charge >= 0.3 is 11.9 Å². The van der Waals surface area contributed by atoms with Crippen molar-refractivity contribution in [3.05, 3.63) is 0 Å². The van der Waals surface area contributed by atoms with Crippen LogP contribution in [0.4, 0.5) is 0 Å². The van der Waals surface area contributed by atoms with Crippen LogP contribution in [0.5, 0.6) is 0 Å². The van der Waals surface area contributed by atoms with Gasteiger partial charge in [0.1, 0.15) is 26.3 Å². The Hall–Kier alpha value is -1.14. The molecule has 0 spiro atoms. The normalized spacial score (nSPS) is 12.0. The number of likely N-dealkylation sites (N-methyl/N-ethyl adjacent to an activating group) is 2. The number of nitrogens with zero attached hydrogens (tertiary/aromatic N) is 2. The van der Waals surface area contributed by atoms with Crippen molar-refractivity contribution in [2.45, 2.75) is 155 Å². The minimum Gasteiger partial charge on any atom is -0.460 e. The Labute approximate surface area is 262 Å². The molecule has 0 aromatic rings. The van der Waals surface area contributed by atoms with Crippen LogP contribution in [0.1, 0.15) is 155 Å². The maximum absolute atomic E-state index is 12.1. The zero-order valence-corrected chi connectivity index (χ0v) is 29.3. The average Bonchev–Trinajstić information content (AvgIpc) is 2.93. The number of ether oxygens (including phenoxy) is 2. The zero-order chi connectivity index (χ0) is 31.4. The van der Waals surface area contributed by atoms with Crippen LogP contribution in [0, 0.1) is 0 Å². The van der Waals surface area contributed by atoms with Crippen LogP contribution in [0.25, 0.3) is 0 Å². The number of carbonyl (C=O) groups excluding carboxylic acids is 2. The summed E-state index contributed by atoms with van der Waals surface area (Å²) in [5.74, 6) is -0.0725. The van der Waals surface area contributed by atoms with E-state index in [4.69, 9.17) is 9.47 Å². The first-order valence-corrected chi connectivity index (χ1v) is 18.1. The third kappa shape index (κ3) is 29.0. The molecule has 0 unspecified atom stereocenters. The van der Waals surface area contributed by atoms with Crippen molar-refractivity contribution < 1.29 is 28.0 Å². The Bertz CT molecular complexity index is 582. The van der Waals surface area contributed by atoms with Crippen molar-refractivity contribution in [2.75, 3.05) is 67.6 Å². The predicted octanol–water partition coefficient (Wildman–Crippen LogP) is 8.85. The molecule has 0 aliphatic rings. The Morgan fingerprint density at radius 1 is 0.405 bits per heavy atom. The fourth-order valence-corrected chi connectivity index (χ4v) is 5.42. The maximum atomic E-state index is 12.1. The second-order valence-corrected chi connectivity index (χ2v) is 14.1. The van der Waals surface area contributed by atoms with E-state index in [9.17, 15) is 9.59 Å². The van der Waals surface area contributed by atoms with Gasteiger partial charge in [-0.1, -0.05) is 117 Å². The molecular formula is C36H74N2O4+2. The monoisotopic (exact) mass is 599 g/mol. The number of quaternary nitrogens is 2. The van der Waals surface area contributed by atoms with Crippen LogP contribution in [-0.4, -0.2) is 88.5 Å². The largest absolute Gasteiger partial charge is 0.460 e. The Kier molecular flexibility index (Phi) is 26.7. The summed E-state index contributed by atoms with van der Waals surface area (Å²) < 4.78 is 12.8. The maximum Gasteiger partial charge on any atom is 0.305 e. The third-order valence-corrected chi connectivity index (χ3v) is 8.67. The summed E-state index contributed by atoms with van der Waals surface area (Å²) in [6, 6.07) is 0. The van der Waals surface area contributed by atoms with Gasteiger partial charge in [0.2, 0.25) is 0 Å². The lowest BCUT2D eigenvalue weighted by Crippen LogP contribution is -2.45. The fourth-order valence-electron chi connectivity index (χ4n) is 5.42. The highest BCUT2D eigenvalue weighted by atomic mass is 16.5. The number of rotatable bonds is 31.